The van der Waals surface area contributed by atoms with Crippen molar-refractivity contribution in [3.63, 3.8) is 0 Å². The van der Waals surface area contributed by atoms with Gasteiger partial charge >= 0.3 is 0 Å². The fraction of sp³-hybridized carbons (Fsp3) is 0.0690. The normalized spacial score (nSPS) is 13.1. The first kappa shape index (κ1) is 63.8. The van der Waals surface area contributed by atoms with E-state index in [0.717, 1.165) is 178 Å². The van der Waals surface area contributed by atoms with Gasteiger partial charge in [-0.2, -0.15) is 0 Å². The number of nitrogens with zero attached hydrogens (tertiary/aromatic N) is 6. The largest absolute Gasteiger partial charge is 0.256 e. The van der Waals surface area contributed by atoms with Crippen LogP contribution in [0.1, 0.15) is 61.0 Å². The Morgan fingerprint density at radius 2 is 0.295 bits per heavy atom. The molecule has 0 radical (unpaired) electrons. The lowest BCUT2D eigenvalue weighted by Gasteiger charge is -2.18. The maximum atomic E-state index is 8.04. The Morgan fingerprint density at radius 1 is 0.148 bits per heavy atom. The summed E-state index contributed by atoms with van der Waals surface area (Å²) in [6, 6.07) is 124. The number of benzene rings is 14. The zero-order valence-electron chi connectivity index (χ0n) is 79.6. The average Bonchev–Trinajstić information content (AvgIpc) is 0.766. The highest BCUT2D eigenvalue weighted by molar-refractivity contribution is 5.98. The van der Waals surface area contributed by atoms with Crippen LogP contribution in [0.5, 0.6) is 0 Å². The molecule has 5 aromatic heterocycles. The van der Waals surface area contributed by atoms with Crippen molar-refractivity contribution in [3.05, 3.63) is 434 Å². The van der Waals surface area contributed by atoms with Gasteiger partial charge in [0.2, 0.25) is 0 Å². The van der Waals surface area contributed by atoms with E-state index in [9.17, 15) is 0 Å². The van der Waals surface area contributed by atoms with Crippen LogP contribution in [0.25, 0.3) is 201 Å². The van der Waals surface area contributed by atoms with Crippen LogP contribution in [0.15, 0.2) is 389 Å². The molecule has 0 aliphatic heterocycles. The van der Waals surface area contributed by atoms with E-state index in [1.165, 1.54) is 24.8 Å². The lowest BCUT2D eigenvalue weighted by atomic mass is 9.86. The van der Waals surface area contributed by atoms with Gasteiger partial charge in [-0.05, 0) is 300 Å². The van der Waals surface area contributed by atoms with Gasteiger partial charge in [0.1, 0.15) is 6.33 Å². The average molecular weight is 1580 g/mol. The molecule has 14 aromatic carbocycles. The van der Waals surface area contributed by atoms with E-state index in [-0.39, 0.29) is 22.3 Å². The molecule has 582 valence electrons. The summed E-state index contributed by atoms with van der Waals surface area (Å²) in [5, 5.41) is 0. The number of pyridine rings is 4. The maximum absolute atomic E-state index is 8.04. The molecule has 6 nitrogen and oxygen atoms in total. The molecule has 19 rings (SSSR count). The van der Waals surface area contributed by atoms with Crippen LogP contribution in [0.3, 0.4) is 0 Å². The summed E-state index contributed by atoms with van der Waals surface area (Å²) in [6.45, 7) is -1.82. The second kappa shape index (κ2) is 33.3. The van der Waals surface area contributed by atoms with Crippen LogP contribution in [0.2, 0.25) is 0 Å². The SMILES string of the molecule is [2H]C([2H])([2H])c1cnc(-c2ccc(-c3ccccc3-c3cc(-c4ccccc4-c4ccc(-c5cc(-c6ccc(-c7ccccc7-c7cc(-c8ccccc8-c8ccc(-c9cc(C)c(C([2H])([2H])[2H])cn9)cc8)cc(-c8ccccc8-c8ccc(-c9cc(C)c(C([2H])([2H])[2H])cn9)cc8)c7)cc6)ncn5)cc4)cc(-c4ccccc4-c4ccc(-c5cc(C)c(C([2H])([2H])[2H])cn5)cc4)c3)cc2)cc1C. The minimum absolute atomic E-state index is 0.235. The molecule has 0 amide bonds. The molecular weight excluding hydrogens is 1480 g/mol. The van der Waals surface area contributed by atoms with Crippen molar-refractivity contribution in [2.45, 2.75) is 55.1 Å². The van der Waals surface area contributed by atoms with E-state index in [1.54, 1.807) is 6.33 Å². The molecule has 5 heterocycles. The fourth-order valence-corrected chi connectivity index (χ4v) is 16.6. The second-order valence-electron chi connectivity index (χ2n) is 31.2. The summed E-state index contributed by atoms with van der Waals surface area (Å²) < 4.78 is 96.5. The predicted molar refractivity (Wildman–Crippen MR) is 509 cm³/mol. The van der Waals surface area contributed by atoms with Gasteiger partial charge < -0.3 is 0 Å². The highest BCUT2D eigenvalue weighted by atomic mass is 14.8. The highest BCUT2D eigenvalue weighted by Gasteiger charge is 2.22. The maximum Gasteiger partial charge on any atom is 0.116 e. The van der Waals surface area contributed by atoms with E-state index in [2.05, 4.69) is 299 Å². The fourth-order valence-electron chi connectivity index (χ4n) is 16.6. The van der Waals surface area contributed by atoms with Crippen molar-refractivity contribution in [3.8, 4) is 201 Å². The summed E-state index contributed by atoms with van der Waals surface area (Å²) in [5.74, 6) is 0. The number of aromatic nitrogens is 6. The van der Waals surface area contributed by atoms with Crippen LogP contribution >= 0.6 is 0 Å². The van der Waals surface area contributed by atoms with Gasteiger partial charge in [-0.25, -0.2) is 9.97 Å². The van der Waals surface area contributed by atoms with Gasteiger partial charge in [-0.15, -0.1) is 0 Å². The molecule has 0 saturated carbocycles. The minimum atomic E-state index is -2.27. The predicted octanol–water partition coefficient (Wildman–Crippen LogP) is 30.5. The lowest BCUT2D eigenvalue weighted by Crippen LogP contribution is -1.93. The van der Waals surface area contributed by atoms with Gasteiger partial charge in [0.15, 0.2) is 0 Å². The van der Waals surface area contributed by atoms with Gasteiger partial charge in [0.25, 0.3) is 0 Å². The van der Waals surface area contributed by atoms with E-state index < -0.39 is 27.4 Å². The Morgan fingerprint density at radius 3 is 0.451 bits per heavy atom. The van der Waals surface area contributed by atoms with Crippen LogP contribution in [-0.2, 0) is 0 Å². The summed E-state index contributed by atoms with van der Waals surface area (Å²) >= 11 is 0. The van der Waals surface area contributed by atoms with E-state index in [4.69, 9.17) is 26.4 Å². The van der Waals surface area contributed by atoms with Gasteiger partial charge in [-0.3, -0.25) is 19.9 Å². The quantitative estimate of drug-likeness (QED) is 0.0852. The molecule has 0 fully saturated rings. The molecule has 0 bridgehead atoms. The van der Waals surface area contributed by atoms with Gasteiger partial charge in [-0.1, -0.05) is 291 Å². The molecule has 0 saturated heterocycles. The molecule has 0 aliphatic rings. The topological polar surface area (TPSA) is 77.3 Å². The molecular formula is C116H88N6. The zero-order valence-corrected chi connectivity index (χ0v) is 67.6. The molecule has 122 heavy (non-hydrogen) atoms. The van der Waals surface area contributed by atoms with Crippen molar-refractivity contribution >= 4 is 0 Å². The van der Waals surface area contributed by atoms with E-state index in [0.29, 0.717) is 45.0 Å². The van der Waals surface area contributed by atoms with Crippen molar-refractivity contribution in [1.82, 2.24) is 29.9 Å². The summed E-state index contributed by atoms with van der Waals surface area (Å²) in [4.78, 5) is 28.2. The van der Waals surface area contributed by atoms with Crippen molar-refractivity contribution < 1.29 is 16.4 Å². The zero-order chi connectivity index (χ0) is 92.9. The van der Waals surface area contributed by atoms with Gasteiger partial charge in [0, 0.05) is 74.6 Å². The van der Waals surface area contributed by atoms with Crippen molar-refractivity contribution in [2.24, 2.45) is 0 Å². The van der Waals surface area contributed by atoms with Crippen molar-refractivity contribution in [1.29, 1.82) is 0 Å². The Hall–Kier alpha value is -15.2. The third kappa shape index (κ3) is 15.6. The molecule has 0 aliphatic carbocycles. The third-order valence-corrected chi connectivity index (χ3v) is 23.4. The number of aryl methyl sites for hydroxylation is 8. The number of rotatable bonds is 18. The first-order valence-electron chi connectivity index (χ1n) is 46.8. The number of hydrogen-bond donors (Lipinski definition) is 0. The smallest absolute Gasteiger partial charge is 0.116 e. The van der Waals surface area contributed by atoms with Crippen LogP contribution in [0.4, 0.5) is 0 Å². The molecule has 0 spiro atoms. The molecule has 0 atom stereocenters. The number of hydrogen-bond acceptors (Lipinski definition) is 6. The lowest BCUT2D eigenvalue weighted by molar-refractivity contribution is 1.18. The molecule has 0 N–H and O–H groups in total. The van der Waals surface area contributed by atoms with Crippen LogP contribution < -0.4 is 0 Å². The first-order chi connectivity index (χ1) is 64.6. The van der Waals surface area contributed by atoms with Crippen LogP contribution in [-0.4, -0.2) is 29.9 Å². The van der Waals surface area contributed by atoms with Gasteiger partial charge in [0.05, 0.1) is 34.2 Å². The van der Waals surface area contributed by atoms with Crippen molar-refractivity contribution in [2.75, 3.05) is 0 Å². The van der Waals surface area contributed by atoms with E-state index in [1.807, 2.05) is 107 Å². The van der Waals surface area contributed by atoms with E-state index >= 15 is 0 Å². The molecule has 0 unspecified atom stereocenters. The standard InChI is InChI=1S/C116H88N6/c1-73-57-111(117-68-77(73)5)87-45-33-81(34-46-87)99-21-9-15-27-105(99)93-61-94(106-28-16-10-22-100(106)82-35-47-88(48-36-82)112-58-74(2)78(6)69-118-112)64-97(63-93)109-31-19-13-25-103(109)85-41-53-91(54-42-85)115-67-116(122-72-121-115)92-55-43-86(44-56-92)104-26-14-20-32-110(104)98-65-95(107-29-17-11-23-101(107)83-37-49-89(50-38-83)113-59-75(3)79(7)70-119-113)62-96(66-98)108-30-18-12-24-102(108)84-39-51-90(52-40-84)114-60-76(4)80(8)71-120-114/h9-72H,1-8H3/i5D3,6D3,7D3,8D3. The molecule has 6 heteroatoms. The van der Waals surface area contributed by atoms with Crippen LogP contribution in [0, 0.1) is 55.1 Å². The first-order valence-corrected chi connectivity index (χ1v) is 40.8. The summed E-state index contributed by atoms with van der Waals surface area (Å²) in [5.41, 5.74) is 37.6. The summed E-state index contributed by atoms with van der Waals surface area (Å²) in [7, 11) is 0. The highest BCUT2D eigenvalue weighted by Crippen LogP contribution is 2.47. The Kier molecular flexibility index (Phi) is 17.4. The monoisotopic (exact) mass is 1580 g/mol. The Labute approximate surface area is 732 Å². The Bertz CT molecular complexity index is 6890. The minimum Gasteiger partial charge on any atom is -0.256 e. The second-order valence-corrected chi connectivity index (χ2v) is 31.2. The Balaban J connectivity index is 0.643. The third-order valence-electron chi connectivity index (χ3n) is 23.4. The summed E-state index contributed by atoms with van der Waals surface area (Å²) in [6.07, 6.45) is 7.49. The molecule has 19 aromatic rings.